The molecule has 0 saturated heterocycles. The molecule has 0 heterocycles. The first-order chi connectivity index (χ1) is 13.4. The average Bonchev–Trinajstić information content (AvgIpc) is 2.69. The Bertz CT molecular complexity index is 847. The summed E-state index contributed by atoms with van der Waals surface area (Å²) >= 11 is 0. The molecule has 0 bridgehead atoms. The number of aryl methyl sites for hydroxylation is 1. The lowest BCUT2D eigenvalue weighted by molar-refractivity contribution is -0.115. The maximum atomic E-state index is 12.1. The van der Waals surface area contributed by atoms with Gasteiger partial charge in [-0.05, 0) is 55.3 Å². The summed E-state index contributed by atoms with van der Waals surface area (Å²) in [5.74, 6) is -0.326. The molecule has 2 aromatic carbocycles. The second-order valence-electron chi connectivity index (χ2n) is 6.36. The molecule has 0 aliphatic heterocycles. The molecule has 4 N–H and O–H groups in total. The molecule has 0 atom stereocenters. The van der Waals surface area contributed by atoms with Crippen molar-refractivity contribution in [2.75, 3.05) is 23.7 Å². The van der Waals surface area contributed by atoms with Crippen LogP contribution in [0.3, 0.4) is 0 Å². The van der Waals surface area contributed by atoms with Crippen LogP contribution in [0.25, 0.3) is 0 Å². The first-order valence-corrected chi connectivity index (χ1v) is 9.20. The quantitative estimate of drug-likeness (QED) is 0.553. The van der Waals surface area contributed by atoms with Crippen molar-refractivity contribution >= 4 is 29.2 Å². The number of urea groups is 1. The molecule has 0 aliphatic rings. The molecule has 7 nitrogen and oxygen atoms in total. The summed E-state index contributed by atoms with van der Waals surface area (Å²) in [6, 6.07) is 12.0. The zero-order chi connectivity index (χ0) is 20.5. The average molecular weight is 382 g/mol. The van der Waals surface area contributed by atoms with Gasteiger partial charge in [-0.1, -0.05) is 19.1 Å². The van der Waals surface area contributed by atoms with Gasteiger partial charge in [0.2, 0.25) is 5.91 Å². The molecule has 0 spiro atoms. The van der Waals surface area contributed by atoms with E-state index in [0.29, 0.717) is 30.8 Å². The first-order valence-electron chi connectivity index (χ1n) is 9.20. The molecule has 0 aliphatic carbocycles. The number of anilines is 2. The van der Waals surface area contributed by atoms with E-state index in [9.17, 15) is 14.4 Å². The van der Waals surface area contributed by atoms with Gasteiger partial charge in [0.15, 0.2) is 0 Å². The Labute approximate surface area is 164 Å². The van der Waals surface area contributed by atoms with Gasteiger partial charge in [-0.25, -0.2) is 4.79 Å². The molecule has 0 radical (unpaired) electrons. The fourth-order valence-corrected chi connectivity index (χ4v) is 2.46. The van der Waals surface area contributed by atoms with Crippen molar-refractivity contribution in [1.29, 1.82) is 0 Å². The lowest BCUT2D eigenvalue weighted by atomic mass is 10.1. The summed E-state index contributed by atoms with van der Waals surface area (Å²) in [4.78, 5) is 35.4. The molecule has 0 fully saturated rings. The fraction of sp³-hybridized carbons (Fsp3) is 0.286. The largest absolute Gasteiger partial charge is 0.350 e. The van der Waals surface area contributed by atoms with Crippen LogP contribution in [0.5, 0.6) is 0 Å². The molecule has 0 unspecified atom stereocenters. The number of benzene rings is 2. The van der Waals surface area contributed by atoms with Crippen molar-refractivity contribution < 1.29 is 14.4 Å². The first kappa shape index (κ1) is 21.0. The molecule has 4 amide bonds. The second-order valence-corrected chi connectivity index (χ2v) is 6.36. The van der Waals surface area contributed by atoms with E-state index < -0.39 is 0 Å². The highest BCUT2D eigenvalue weighted by Gasteiger charge is 2.07. The molecular formula is C21H26N4O3. The van der Waals surface area contributed by atoms with E-state index in [1.54, 1.807) is 31.2 Å². The fourth-order valence-electron chi connectivity index (χ4n) is 2.46. The van der Waals surface area contributed by atoms with E-state index in [1.165, 1.54) is 0 Å². The summed E-state index contributed by atoms with van der Waals surface area (Å²) in [6.07, 6.45) is 0.395. The van der Waals surface area contributed by atoms with Crippen LogP contribution in [0.1, 0.15) is 34.8 Å². The van der Waals surface area contributed by atoms with E-state index in [-0.39, 0.29) is 17.8 Å². The Morgan fingerprint density at radius 1 is 0.857 bits per heavy atom. The highest BCUT2D eigenvalue weighted by molar-refractivity contribution is 5.96. The van der Waals surface area contributed by atoms with Gasteiger partial charge in [0.05, 0.1) is 0 Å². The van der Waals surface area contributed by atoms with Gasteiger partial charge in [-0.2, -0.15) is 0 Å². The van der Waals surface area contributed by atoms with Gasteiger partial charge in [0, 0.05) is 36.4 Å². The van der Waals surface area contributed by atoms with Crippen LogP contribution in [0, 0.1) is 13.8 Å². The molecule has 2 rings (SSSR count). The third-order valence-electron chi connectivity index (χ3n) is 4.30. The van der Waals surface area contributed by atoms with Crippen molar-refractivity contribution in [2.24, 2.45) is 0 Å². The van der Waals surface area contributed by atoms with E-state index in [2.05, 4.69) is 21.3 Å². The van der Waals surface area contributed by atoms with Crippen LogP contribution < -0.4 is 21.3 Å². The Morgan fingerprint density at radius 2 is 1.54 bits per heavy atom. The van der Waals surface area contributed by atoms with Crippen LogP contribution >= 0.6 is 0 Å². The van der Waals surface area contributed by atoms with Gasteiger partial charge >= 0.3 is 6.03 Å². The number of hydrogen-bond donors (Lipinski definition) is 4. The molecule has 0 aromatic heterocycles. The van der Waals surface area contributed by atoms with Gasteiger partial charge in [-0.15, -0.1) is 0 Å². The number of carbonyl (C=O) groups excluding carboxylic acids is 3. The minimum atomic E-state index is -0.320. The standard InChI is InChI=1S/C21H26N4O3/c1-4-19(26)24-17-10-8-16(9-11-17)20(27)22-12-13-23-21(28)25-18-7-5-6-14(2)15(18)3/h5-11H,4,12-13H2,1-3H3,(H,22,27)(H,24,26)(H2,23,25,28). The Kier molecular flexibility index (Phi) is 7.56. The van der Waals surface area contributed by atoms with Gasteiger partial charge in [0.1, 0.15) is 0 Å². The van der Waals surface area contributed by atoms with Gasteiger partial charge in [-0.3, -0.25) is 9.59 Å². The highest BCUT2D eigenvalue weighted by Crippen LogP contribution is 2.17. The van der Waals surface area contributed by atoms with Crippen molar-refractivity contribution in [3.63, 3.8) is 0 Å². The maximum absolute atomic E-state index is 12.1. The van der Waals surface area contributed by atoms with Crippen molar-refractivity contribution in [3.8, 4) is 0 Å². The predicted octanol–water partition coefficient (Wildman–Crippen LogP) is 3.20. The molecule has 148 valence electrons. The third-order valence-corrected chi connectivity index (χ3v) is 4.30. The van der Waals surface area contributed by atoms with E-state index in [0.717, 1.165) is 16.8 Å². The Morgan fingerprint density at radius 3 is 2.21 bits per heavy atom. The Hall–Kier alpha value is -3.35. The molecule has 7 heteroatoms. The lowest BCUT2D eigenvalue weighted by Gasteiger charge is -2.12. The number of rotatable bonds is 7. The zero-order valence-electron chi connectivity index (χ0n) is 16.4. The smallest absolute Gasteiger partial charge is 0.319 e. The predicted molar refractivity (Wildman–Crippen MR) is 111 cm³/mol. The number of nitrogens with one attached hydrogen (secondary N) is 4. The molecule has 2 aromatic rings. The number of hydrogen-bond acceptors (Lipinski definition) is 3. The highest BCUT2D eigenvalue weighted by atomic mass is 16.2. The van der Waals surface area contributed by atoms with Crippen molar-refractivity contribution in [3.05, 3.63) is 59.2 Å². The van der Waals surface area contributed by atoms with Crippen LogP contribution in [0.15, 0.2) is 42.5 Å². The van der Waals surface area contributed by atoms with Crippen LogP contribution in [-0.4, -0.2) is 30.9 Å². The minimum absolute atomic E-state index is 0.0811. The van der Waals surface area contributed by atoms with Gasteiger partial charge < -0.3 is 21.3 Å². The summed E-state index contributed by atoms with van der Waals surface area (Å²) in [5.41, 5.74) is 4.01. The third kappa shape index (κ3) is 6.12. The summed E-state index contributed by atoms with van der Waals surface area (Å²) in [6.45, 7) is 6.30. The SMILES string of the molecule is CCC(=O)Nc1ccc(C(=O)NCCNC(=O)Nc2cccc(C)c2C)cc1. The summed E-state index contributed by atoms with van der Waals surface area (Å²) in [5, 5.41) is 11.0. The van der Waals surface area contributed by atoms with E-state index in [1.807, 2.05) is 32.0 Å². The monoisotopic (exact) mass is 382 g/mol. The normalized spacial score (nSPS) is 10.1. The van der Waals surface area contributed by atoms with E-state index >= 15 is 0 Å². The van der Waals surface area contributed by atoms with Crippen molar-refractivity contribution in [2.45, 2.75) is 27.2 Å². The topological polar surface area (TPSA) is 99.3 Å². The lowest BCUT2D eigenvalue weighted by Crippen LogP contribution is -2.36. The van der Waals surface area contributed by atoms with E-state index in [4.69, 9.17) is 0 Å². The number of carbonyl (C=O) groups is 3. The van der Waals surface area contributed by atoms with Crippen LogP contribution in [0.2, 0.25) is 0 Å². The number of amides is 4. The molecule has 0 saturated carbocycles. The zero-order valence-corrected chi connectivity index (χ0v) is 16.4. The molecular weight excluding hydrogens is 356 g/mol. The summed E-state index contributed by atoms with van der Waals surface area (Å²) < 4.78 is 0. The maximum Gasteiger partial charge on any atom is 0.319 e. The summed E-state index contributed by atoms with van der Waals surface area (Å²) in [7, 11) is 0. The van der Waals surface area contributed by atoms with Crippen molar-refractivity contribution in [1.82, 2.24) is 10.6 Å². The minimum Gasteiger partial charge on any atom is -0.350 e. The van der Waals surface area contributed by atoms with Gasteiger partial charge in [0.25, 0.3) is 5.91 Å². The van der Waals surface area contributed by atoms with Crippen LogP contribution in [0.4, 0.5) is 16.2 Å². The Balaban J connectivity index is 1.74. The molecule has 28 heavy (non-hydrogen) atoms. The van der Waals surface area contributed by atoms with Crippen LogP contribution in [-0.2, 0) is 4.79 Å². The second kappa shape index (κ2) is 10.1.